The Morgan fingerprint density at radius 2 is 1.87 bits per heavy atom. The average molecular weight is 420 g/mol. The number of hydrogen-bond donors (Lipinski definition) is 1. The van der Waals surface area contributed by atoms with E-state index >= 15 is 0 Å². The molecule has 2 atom stereocenters. The van der Waals surface area contributed by atoms with Crippen LogP contribution in [0.15, 0.2) is 69.9 Å². The van der Waals surface area contributed by atoms with Gasteiger partial charge in [-0.15, -0.1) is 0 Å². The van der Waals surface area contributed by atoms with Crippen molar-refractivity contribution in [3.05, 3.63) is 82.6 Å². The van der Waals surface area contributed by atoms with Crippen LogP contribution in [0.5, 0.6) is 0 Å². The predicted molar refractivity (Wildman–Crippen MR) is 118 cm³/mol. The first-order valence-electron chi connectivity index (χ1n) is 10.8. The zero-order chi connectivity index (χ0) is 22.2. The number of carbonyl (C=O) groups excluding carboxylic acids is 2. The Morgan fingerprint density at radius 1 is 1.13 bits per heavy atom. The molecule has 0 fully saturated rings. The fraction of sp³-hybridized carbons (Fsp3) is 0.385. The van der Waals surface area contributed by atoms with E-state index in [4.69, 9.17) is 9.15 Å². The monoisotopic (exact) mass is 419 g/mol. The first-order valence-corrected chi connectivity index (χ1v) is 10.8. The average Bonchev–Trinajstić information content (AvgIpc) is 3.12. The molecule has 1 aliphatic carbocycles. The fourth-order valence-corrected chi connectivity index (χ4v) is 4.65. The van der Waals surface area contributed by atoms with Crippen LogP contribution in [0.4, 0.5) is 0 Å². The van der Waals surface area contributed by atoms with E-state index in [1.165, 1.54) is 0 Å². The highest BCUT2D eigenvalue weighted by Crippen LogP contribution is 2.47. The van der Waals surface area contributed by atoms with Gasteiger partial charge in [-0.2, -0.15) is 0 Å². The third-order valence-corrected chi connectivity index (χ3v) is 5.99. The van der Waals surface area contributed by atoms with Gasteiger partial charge < -0.3 is 14.5 Å². The van der Waals surface area contributed by atoms with Gasteiger partial charge in [0.25, 0.3) is 0 Å². The van der Waals surface area contributed by atoms with Gasteiger partial charge in [-0.3, -0.25) is 4.79 Å². The van der Waals surface area contributed by atoms with Crippen molar-refractivity contribution in [2.75, 3.05) is 6.61 Å². The van der Waals surface area contributed by atoms with Crippen LogP contribution in [0.3, 0.4) is 0 Å². The standard InChI is InChI=1S/C26H29NO4/c1-16-10-11-21(31-16)24-22(25(29)30-13-12-18-8-6-5-7-9-18)17(2)27-19-14-26(3,4)15-20(28)23(19)24/h5-11,14,23-24,27H,12-13,15H2,1-4H3. The van der Waals surface area contributed by atoms with Gasteiger partial charge in [0.15, 0.2) is 0 Å². The molecule has 0 radical (unpaired) electrons. The third-order valence-electron chi connectivity index (χ3n) is 5.99. The largest absolute Gasteiger partial charge is 0.466 e. The van der Waals surface area contributed by atoms with Crippen molar-refractivity contribution >= 4 is 11.8 Å². The number of furan rings is 1. The van der Waals surface area contributed by atoms with Gasteiger partial charge in [0.05, 0.1) is 24.0 Å². The van der Waals surface area contributed by atoms with Crippen molar-refractivity contribution in [2.45, 2.75) is 46.5 Å². The van der Waals surface area contributed by atoms with E-state index in [0.717, 1.165) is 17.0 Å². The molecule has 1 aromatic heterocycles. The molecule has 2 aromatic rings. The number of ketones is 1. The highest BCUT2D eigenvalue weighted by Gasteiger charge is 2.47. The Labute approximate surface area is 183 Å². The zero-order valence-corrected chi connectivity index (χ0v) is 18.5. The van der Waals surface area contributed by atoms with Gasteiger partial charge in [-0.25, -0.2) is 4.79 Å². The zero-order valence-electron chi connectivity index (χ0n) is 18.5. The van der Waals surface area contributed by atoms with Crippen LogP contribution in [0, 0.1) is 18.3 Å². The van der Waals surface area contributed by atoms with Crippen LogP contribution < -0.4 is 5.32 Å². The van der Waals surface area contributed by atoms with E-state index in [2.05, 4.69) is 11.4 Å². The molecule has 2 heterocycles. The number of carbonyl (C=O) groups is 2. The molecule has 0 spiro atoms. The molecular weight excluding hydrogens is 390 g/mol. The first kappa shape index (κ1) is 21.2. The number of hydrogen-bond acceptors (Lipinski definition) is 5. The molecule has 1 N–H and O–H groups in total. The predicted octanol–water partition coefficient (Wildman–Crippen LogP) is 4.83. The summed E-state index contributed by atoms with van der Waals surface area (Å²) >= 11 is 0. The molecule has 31 heavy (non-hydrogen) atoms. The summed E-state index contributed by atoms with van der Waals surface area (Å²) in [6.45, 7) is 8.10. The second kappa shape index (κ2) is 8.22. The fourth-order valence-electron chi connectivity index (χ4n) is 4.65. The van der Waals surface area contributed by atoms with Crippen LogP contribution in [0.2, 0.25) is 0 Å². The number of nitrogens with one attached hydrogen (secondary N) is 1. The summed E-state index contributed by atoms with van der Waals surface area (Å²) in [6.07, 6.45) is 3.18. The quantitative estimate of drug-likeness (QED) is 0.703. The van der Waals surface area contributed by atoms with E-state index < -0.39 is 17.8 Å². The molecule has 0 amide bonds. The van der Waals surface area contributed by atoms with Crippen LogP contribution in [0.25, 0.3) is 0 Å². The summed E-state index contributed by atoms with van der Waals surface area (Å²) in [4.78, 5) is 26.4. The highest BCUT2D eigenvalue weighted by molar-refractivity contribution is 5.96. The lowest BCUT2D eigenvalue weighted by Crippen LogP contribution is -2.43. The lowest BCUT2D eigenvalue weighted by Gasteiger charge is -2.40. The van der Waals surface area contributed by atoms with Gasteiger partial charge in [-0.05, 0) is 37.0 Å². The van der Waals surface area contributed by atoms with Crippen LogP contribution >= 0.6 is 0 Å². The lowest BCUT2D eigenvalue weighted by atomic mass is 9.67. The molecule has 5 nitrogen and oxygen atoms in total. The molecule has 1 aliphatic heterocycles. The minimum atomic E-state index is -0.492. The molecule has 0 saturated carbocycles. The van der Waals surface area contributed by atoms with Gasteiger partial charge in [0, 0.05) is 24.2 Å². The number of benzene rings is 1. The van der Waals surface area contributed by atoms with Crippen molar-refractivity contribution in [1.82, 2.24) is 5.32 Å². The number of fused-ring (bicyclic) bond motifs is 1. The van der Waals surface area contributed by atoms with E-state index in [1.807, 2.05) is 70.2 Å². The van der Waals surface area contributed by atoms with Crippen LogP contribution in [-0.2, 0) is 20.7 Å². The third kappa shape index (κ3) is 4.36. The molecule has 0 bridgehead atoms. The Kier molecular flexibility index (Phi) is 5.61. The second-order valence-corrected chi connectivity index (χ2v) is 9.17. The SMILES string of the molecule is CC1=C(C(=O)OCCc2ccccc2)C(c2ccc(C)o2)C2C(=O)CC(C)(C)C=C2N1. The molecule has 5 heteroatoms. The second-order valence-electron chi connectivity index (χ2n) is 9.17. The van der Waals surface area contributed by atoms with E-state index in [9.17, 15) is 9.59 Å². The van der Waals surface area contributed by atoms with Crippen LogP contribution in [-0.4, -0.2) is 18.4 Å². The lowest BCUT2D eigenvalue weighted by molar-refractivity contribution is -0.139. The number of ether oxygens (including phenoxy) is 1. The van der Waals surface area contributed by atoms with Crippen molar-refractivity contribution in [3.63, 3.8) is 0 Å². The number of esters is 1. The maximum Gasteiger partial charge on any atom is 0.336 e. The Bertz CT molecular complexity index is 1060. The summed E-state index contributed by atoms with van der Waals surface area (Å²) in [5.74, 6) is 0.107. The number of allylic oxidation sites excluding steroid dienone is 3. The maximum absolute atomic E-state index is 13.2. The molecule has 0 saturated heterocycles. The summed E-state index contributed by atoms with van der Waals surface area (Å²) in [6, 6.07) is 13.6. The Morgan fingerprint density at radius 3 is 2.55 bits per heavy atom. The molecule has 4 rings (SSSR count). The first-order chi connectivity index (χ1) is 14.7. The van der Waals surface area contributed by atoms with Crippen molar-refractivity contribution in [3.8, 4) is 0 Å². The van der Waals surface area contributed by atoms with Gasteiger partial charge in [0.1, 0.15) is 17.3 Å². The molecule has 2 unspecified atom stereocenters. The maximum atomic E-state index is 13.2. The summed E-state index contributed by atoms with van der Waals surface area (Å²) in [7, 11) is 0. The van der Waals surface area contributed by atoms with E-state index in [0.29, 0.717) is 29.9 Å². The molecule has 1 aromatic carbocycles. The van der Waals surface area contributed by atoms with Crippen molar-refractivity contribution < 1.29 is 18.7 Å². The van der Waals surface area contributed by atoms with E-state index in [-0.39, 0.29) is 17.8 Å². The highest BCUT2D eigenvalue weighted by atomic mass is 16.5. The van der Waals surface area contributed by atoms with Crippen molar-refractivity contribution in [2.24, 2.45) is 11.3 Å². The number of rotatable bonds is 5. The molecular formula is C26H29NO4. The smallest absolute Gasteiger partial charge is 0.336 e. The topological polar surface area (TPSA) is 68.5 Å². The van der Waals surface area contributed by atoms with Gasteiger partial charge in [-0.1, -0.05) is 50.3 Å². The summed E-state index contributed by atoms with van der Waals surface area (Å²) < 4.78 is 11.6. The Hall–Kier alpha value is -3.08. The molecule has 162 valence electrons. The summed E-state index contributed by atoms with van der Waals surface area (Å²) in [5, 5.41) is 3.33. The van der Waals surface area contributed by atoms with E-state index in [1.54, 1.807) is 0 Å². The number of Topliss-reactive ketones (excluding diaryl/α,β-unsaturated/α-hetero) is 1. The normalized spacial score (nSPS) is 22.5. The Balaban J connectivity index is 1.65. The minimum absolute atomic E-state index is 0.108. The van der Waals surface area contributed by atoms with Crippen molar-refractivity contribution in [1.29, 1.82) is 0 Å². The van der Waals surface area contributed by atoms with Gasteiger partial charge >= 0.3 is 5.97 Å². The minimum Gasteiger partial charge on any atom is -0.466 e. The summed E-state index contributed by atoms with van der Waals surface area (Å²) in [5.41, 5.74) is 2.90. The molecule has 2 aliphatic rings. The van der Waals surface area contributed by atoms with Crippen LogP contribution in [0.1, 0.15) is 50.2 Å². The number of aryl methyl sites for hydroxylation is 1. The van der Waals surface area contributed by atoms with Gasteiger partial charge in [0.2, 0.25) is 0 Å².